The molecule has 2 rings (SSSR count). The van der Waals surface area contributed by atoms with Gasteiger partial charge in [0.25, 0.3) is 0 Å². The zero-order chi connectivity index (χ0) is 10.7. The molecule has 1 N–H and O–H groups in total. The Hall–Kier alpha value is -1.59. The van der Waals surface area contributed by atoms with Crippen LogP contribution in [-0.4, -0.2) is 34.4 Å². The highest BCUT2D eigenvalue weighted by atomic mass is 16.4. The Morgan fingerprint density at radius 3 is 2.80 bits per heavy atom. The van der Waals surface area contributed by atoms with Crippen molar-refractivity contribution in [2.75, 3.05) is 18.0 Å². The number of hydrogen-bond acceptors (Lipinski definition) is 5. The molecule has 15 heavy (non-hydrogen) atoms. The first-order valence-corrected chi connectivity index (χ1v) is 5.05. The van der Waals surface area contributed by atoms with Crippen molar-refractivity contribution in [3.05, 3.63) is 5.89 Å². The summed E-state index contributed by atoms with van der Waals surface area (Å²) in [5.41, 5.74) is 0. The molecule has 0 unspecified atom stereocenters. The lowest BCUT2D eigenvalue weighted by Crippen LogP contribution is -2.17. The maximum Gasteiger partial charge on any atom is 0.318 e. The van der Waals surface area contributed by atoms with Gasteiger partial charge in [0.1, 0.15) is 0 Å². The third-order valence-electron chi connectivity index (χ3n) is 2.39. The molecule has 0 radical (unpaired) electrons. The molecule has 0 aliphatic carbocycles. The number of carboxylic acids is 1. The van der Waals surface area contributed by atoms with Crippen molar-refractivity contribution in [1.82, 2.24) is 10.2 Å². The smallest absolute Gasteiger partial charge is 0.318 e. The lowest BCUT2D eigenvalue weighted by molar-refractivity contribution is -0.137. The molecule has 1 aliphatic rings. The predicted molar refractivity (Wildman–Crippen MR) is 51.7 cm³/mol. The number of nitrogens with zero attached hydrogens (tertiary/aromatic N) is 3. The molecule has 1 aliphatic heterocycles. The van der Waals surface area contributed by atoms with Crippen LogP contribution < -0.4 is 4.90 Å². The number of rotatable bonds is 4. The molecule has 1 fully saturated rings. The van der Waals surface area contributed by atoms with Crippen LogP contribution in [-0.2, 0) is 11.2 Å². The van der Waals surface area contributed by atoms with Gasteiger partial charge in [-0.1, -0.05) is 5.10 Å². The van der Waals surface area contributed by atoms with Gasteiger partial charge in [0.15, 0.2) is 0 Å². The standard InChI is InChI=1S/C9H13N3O3/c13-8(14)4-3-7-10-11-9(15-7)12-5-1-2-6-12/h1-6H2,(H,13,14). The second-order valence-electron chi connectivity index (χ2n) is 3.57. The van der Waals surface area contributed by atoms with Crippen LogP contribution in [0.4, 0.5) is 6.01 Å². The molecule has 0 bridgehead atoms. The summed E-state index contributed by atoms with van der Waals surface area (Å²) in [5, 5.41) is 16.2. The topological polar surface area (TPSA) is 79.5 Å². The second-order valence-corrected chi connectivity index (χ2v) is 3.57. The average Bonchev–Trinajstić information content (AvgIpc) is 2.85. The van der Waals surface area contributed by atoms with E-state index >= 15 is 0 Å². The van der Waals surface area contributed by atoms with E-state index in [9.17, 15) is 4.79 Å². The van der Waals surface area contributed by atoms with Crippen LogP contribution in [0.3, 0.4) is 0 Å². The molecule has 0 aromatic carbocycles. The Kier molecular flexibility index (Phi) is 2.84. The van der Waals surface area contributed by atoms with Gasteiger partial charge in [-0.3, -0.25) is 4.79 Å². The molecule has 0 spiro atoms. The third kappa shape index (κ3) is 2.45. The summed E-state index contributed by atoms with van der Waals surface area (Å²) in [4.78, 5) is 12.4. The van der Waals surface area contributed by atoms with E-state index < -0.39 is 5.97 Å². The van der Waals surface area contributed by atoms with Crippen molar-refractivity contribution < 1.29 is 14.3 Å². The highest BCUT2D eigenvalue weighted by Crippen LogP contribution is 2.18. The first-order chi connectivity index (χ1) is 7.25. The van der Waals surface area contributed by atoms with Crippen molar-refractivity contribution in [3.63, 3.8) is 0 Å². The normalized spacial score (nSPS) is 15.9. The van der Waals surface area contributed by atoms with Gasteiger partial charge in [0.2, 0.25) is 5.89 Å². The van der Waals surface area contributed by atoms with Crippen LogP contribution in [0.2, 0.25) is 0 Å². The molecule has 6 nitrogen and oxygen atoms in total. The van der Waals surface area contributed by atoms with Crippen LogP contribution in [0.5, 0.6) is 0 Å². The predicted octanol–water partition coefficient (Wildman–Crippen LogP) is 0.687. The number of aryl methyl sites for hydroxylation is 1. The summed E-state index contributed by atoms with van der Waals surface area (Å²) < 4.78 is 5.36. The van der Waals surface area contributed by atoms with Crippen LogP contribution in [0.1, 0.15) is 25.2 Å². The van der Waals surface area contributed by atoms with E-state index in [4.69, 9.17) is 9.52 Å². The largest absolute Gasteiger partial charge is 0.481 e. The van der Waals surface area contributed by atoms with Crippen LogP contribution in [0.25, 0.3) is 0 Å². The molecule has 0 saturated carbocycles. The number of aromatic nitrogens is 2. The Morgan fingerprint density at radius 2 is 2.13 bits per heavy atom. The quantitative estimate of drug-likeness (QED) is 0.789. The summed E-state index contributed by atoms with van der Waals surface area (Å²) in [6.45, 7) is 1.89. The number of carboxylic acid groups (broad SMARTS) is 1. The van der Waals surface area contributed by atoms with Gasteiger partial charge in [-0.2, -0.15) is 0 Å². The fraction of sp³-hybridized carbons (Fsp3) is 0.667. The SMILES string of the molecule is O=C(O)CCc1nnc(N2CCCC2)o1. The van der Waals surface area contributed by atoms with Crippen molar-refractivity contribution in [3.8, 4) is 0 Å². The highest BCUT2D eigenvalue weighted by Gasteiger charge is 2.18. The van der Waals surface area contributed by atoms with Gasteiger partial charge in [-0.25, -0.2) is 0 Å². The number of carbonyl (C=O) groups is 1. The summed E-state index contributed by atoms with van der Waals surface area (Å²) in [7, 11) is 0. The zero-order valence-electron chi connectivity index (χ0n) is 8.35. The minimum absolute atomic E-state index is 0.0294. The maximum absolute atomic E-state index is 10.3. The monoisotopic (exact) mass is 211 g/mol. The van der Waals surface area contributed by atoms with Gasteiger partial charge < -0.3 is 14.4 Å². The van der Waals surface area contributed by atoms with E-state index in [1.54, 1.807) is 0 Å². The molecule has 2 heterocycles. The lowest BCUT2D eigenvalue weighted by atomic mass is 10.3. The molecular formula is C9H13N3O3. The van der Waals surface area contributed by atoms with Gasteiger partial charge in [0.05, 0.1) is 6.42 Å². The van der Waals surface area contributed by atoms with Gasteiger partial charge in [-0.15, -0.1) is 5.10 Å². The van der Waals surface area contributed by atoms with Crippen LogP contribution in [0, 0.1) is 0 Å². The first-order valence-electron chi connectivity index (χ1n) is 5.05. The lowest BCUT2D eigenvalue weighted by Gasteiger charge is -2.09. The third-order valence-corrected chi connectivity index (χ3v) is 2.39. The highest BCUT2D eigenvalue weighted by molar-refractivity contribution is 5.66. The van der Waals surface area contributed by atoms with E-state index in [0.29, 0.717) is 18.3 Å². The number of aliphatic carboxylic acids is 1. The van der Waals surface area contributed by atoms with Crippen molar-refractivity contribution >= 4 is 12.0 Å². The molecule has 0 amide bonds. The molecular weight excluding hydrogens is 198 g/mol. The van der Waals surface area contributed by atoms with E-state index in [-0.39, 0.29) is 6.42 Å². The first kappa shape index (κ1) is 9.95. The maximum atomic E-state index is 10.3. The van der Waals surface area contributed by atoms with E-state index in [2.05, 4.69) is 10.2 Å². The Bertz CT molecular complexity index is 344. The molecule has 1 saturated heterocycles. The number of anilines is 1. The van der Waals surface area contributed by atoms with Gasteiger partial charge in [0, 0.05) is 19.5 Å². The number of hydrogen-bond donors (Lipinski definition) is 1. The van der Waals surface area contributed by atoms with E-state index in [1.807, 2.05) is 4.90 Å². The zero-order valence-corrected chi connectivity index (χ0v) is 8.35. The fourth-order valence-electron chi connectivity index (χ4n) is 1.60. The van der Waals surface area contributed by atoms with Gasteiger partial charge >= 0.3 is 12.0 Å². The van der Waals surface area contributed by atoms with Crippen molar-refractivity contribution in [2.45, 2.75) is 25.7 Å². The summed E-state index contributed by atoms with van der Waals surface area (Å²) in [5.74, 6) is -0.449. The molecule has 0 atom stereocenters. The van der Waals surface area contributed by atoms with Crippen molar-refractivity contribution in [1.29, 1.82) is 0 Å². The molecule has 82 valence electrons. The van der Waals surface area contributed by atoms with Gasteiger partial charge in [-0.05, 0) is 12.8 Å². The summed E-state index contributed by atoms with van der Waals surface area (Å²) in [6.07, 6.45) is 2.62. The molecule has 6 heteroatoms. The average molecular weight is 211 g/mol. The van der Waals surface area contributed by atoms with Crippen LogP contribution >= 0.6 is 0 Å². The minimum Gasteiger partial charge on any atom is -0.481 e. The molecule has 1 aromatic heterocycles. The van der Waals surface area contributed by atoms with Crippen molar-refractivity contribution in [2.24, 2.45) is 0 Å². The van der Waals surface area contributed by atoms with E-state index in [0.717, 1.165) is 25.9 Å². The summed E-state index contributed by atoms with van der Waals surface area (Å²) in [6, 6.07) is 0.521. The fourth-order valence-corrected chi connectivity index (χ4v) is 1.60. The van der Waals surface area contributed by atoms with Crippen LogP contribution in [0.15, 0.2) is 4.42 Å². The summed E-state index contributed by atoms with van der Waals surface area (Å²) >= 11 is 0. The Morgan fingerprint density at radius 1 is 1.40 bits per heavy atom. The minimum atomic E-state index is -0.851. The van der Waals surface area contributed by atoms with E-state index in [1.165, 1.54) is 0 Å². The Balaban J connectivity index is 1.94. The molecule has 1 aromatic rings. The Labute approximate surface area is 86.9 Å². The second kappa shape index (κ2) is 4.29.